The molecule has 24 heavy (non-hydrogen) atoms. The zero-order valence-corrected chi connectivity index (χ0v) is 16.2. The van der Waals surface area contributed by atoms with Crippen LogP contribution in [0.25, 0.3) is 11.0 Å². The predicted molar refractivity (Wildman–Crippen MR) is 106 cm³/mol. The van der Waals surface area contributed by atoms with Gasteiger partial charge in [-0.1, -0.05) is 18.2 Å². The molecule has 0 unspecified atom stereocenters. The van der Waals surface area contributed by atoms with Gasteiger partial charge in [0.25, 0.3) is 0 Å². The molecule has 0 aliphatic carbocycles. The minimum Gasteiger partial charge on any atom is -0.459 e. The van der Waals surface area contributed by atoms with Crippen molar-refractivity contribution in [3.63, 3.8) is 0 Å². The lowest BCUT2D eigenvalue weighted by Crippen LogP contribution is -2.36. The molecular formula is C17H22IN5O. The number of hydrogen-bond acceptors (Lipinski definition) is 3. The molecule has 7 heteroatoms. The molecule has 0 bridgehead atoms. The van der Waals surface area contributed by atoms with Crippen LogP contribution in [-0.4, -0.2) is 22.3 Å². The first-order valence-corrected chi connectivity index (χ1v) is 7.73. The summed E-state index contributed by atoms with van der Waals surface area (Å²) in [4.78, 5) is 4.58. The third kappa shape index (κ3) is 4.50. The van der Waals surface area contributed by atoms with Crippen LogP contribution in [0, 0.1) is 0 Å². The summed E-state index contributed by atoms with van der Waals surface area (Å²) in [5.74, 6) is 1.64. The lowest BCUT2D eigenvalue weighted by molar-refractivity contribution is 0.538. The van der Waals surface area contributed by atoms with Gasteiger partial charge in [-0.3, -0.25) is 4.68 Å². The van der Waals surface area contributed by atoms with Gasteiger partial charge in [-0.25, -0.2) is 4.99 Å². The Morgan fingerprint density at radius 1 is 1.25 bits per heavy atom. The number of rotatable bonds is 5. The standard InChI is InChI=1S/C17H21N5O.HI/c1-3-18-17(19-11-14-8-9-21-22(14)2)20-12-15-10-13-6-4-5-7-16(13)23-15;/h4-10H,3,11-12H2,1-2H3,(H2,18,19,20);1H. The van der Waals surface area contributed by atoms with Crippen LogP contribution in [0.3, 0.4) is 0 Å². The molecule has 0 amide bonds. The zero-order chi connectivity index (χ0) is 16.1. The summed E-state index contributed by atoms with van der Waals surface area (Å²) >= 11 is 0. The number of para-hydroxylation sites is 1. The second kappa shape index (κ2) is 8.72. The van der Waals surface area contributed by atoms with Crippen molar-refractivity contribution in [1.29, 1.82) is 0 Å². The average Bonchev–Trinajstić information content (AvgIpc) is 3.15. The maximum absolute atomic E-state index is 5.81. The van der Waals surface area contributed by atoms with Crippen molar-refractivity contribution in [2.24, 2.45) is 12.0 Å². The molecule has 0 aliphatic rings. The van der Waals surface area contributed by atoms with E-state index in [9.17, 15) is 0 Å². The smallest absolute Gasteiger partial charge is 0.192 e. The topological polar surface area (TPSA) is 67.4 Å². The van der Waals surface area contributed by atoms with Gasteiger partial charge in [0.15, 0.2) is 5.96 Å². The van der Waals surface area contributed by atoms with Gasteiger partial charge in [-0.15, -0.1) is 24.0 Å². The Balaban J connectivity index is 0.00000208. The zero-order valence-electron chi connectivity index (χ0n) is 13.8. The number of guanidine groups is 1. The molecule has 0 aliphatic heterocycles. The second-order valence-corrected chi connectivity index (χ2v) is 5.25. The summed E-state index contributed by atoms with van der Waals surface area (Å²) in [5.41, 5.74) is 1.96. The van der Waals surface area contributed by atoms with Gasteiger partial charge >= 0.3 is 0 Å². The van der Waals surface area contributed by atoms with E-state index in [2.05, 4.69) is 20.7 Å². The van der Waals surface area contributed by atoms with E-state index in [1.165, 1.54) is 0 Å². The average molecular weight is 439 g/mol. The van der Waals surface area contributed by atoms with Gasteiger partial charge in [-0.2, -0.15) is 5.10 Å². The molecule has 0 fully saturated rings. The Morgan fingerprint density at radius 2 is 2.08 bits per heavy atom. The van der Waals surface area contributed by atoms with E-state index in [0.717, 1.165) is 34.9 Å². The van der Waals surface area contributed by atoms with Gasteiger partial charge in [0.2, 0.25) is 0 Å². The molecule has 0 saturated carbocycles. The summed E-state index contributed by atoms with van der Waals surface area (Å²) in [5, 5.41) is 11.8. The number of hydrogen-bond donors (Lipinski definition) is 2. The minimum atomic E-state index is 0. The van der Waals surface area contributed by atoms with Crippen LogP contribution in [-0.2, 0) is 20.1 Å². The summed E-state index contributed by atoms with van der Waals surface area (Å²) in [6.07, 6.45) is 1.78. The van der Waals surface area contributed by atoms with Gasteiger partial charge < -0.3 is 15.1 Å². The van der Waals surface area contributed by atoms with Crippen molar-refractivity contribution < 1.29 is 4.42 Å². The number of halogens is 1. The fraction of sp³-hybridized carbons (Fsp3) is 0.294. The Hall–Kier alpha value is -2.03. The number of nitrogens with one attached hydrogen (secondary N) is 2. The molecular weight excluding hydrogens is 417 g/mol. The molecule has 6 nitrogen and oxygen atoms in total. The number of fused-ring (bicyclic) bond motifs is 1. The van der Waals surface area contributed by atoms with Crippen molar-refractivity contribution in [3.05, 3.63) is 54.0 Å². The van der Waals surface area contributed by atoms with E-state index in [4.69, 9.17) is 4.42 Å². The lowest BCUT2D eigenvalue weighted by atomic mass is 10.2. The fourth-order valence-corrected chi connectivity index (χ4v) is 2.35. The van der Waals surface area contributed by atoms with E-state index in [-0.39, 0.29) is 24.0 Å². The first kappa shape index (κ1) is 18.3. The van der Waals surface area contributed by atoms with Crippen molar-refractivity contribution >= 4 is 40.9 Å². The minimum absolute atomic E-state index is 0. The van der Waals surface area contributed by atoms with Gasteiger partial charge in [0.05, 0.1) is 18.8 Å². The lowest BCUT2D eigenvalue weighted by Gasteiger charge is -2.10. The number of aryl methyl sites for hydroxylation is 1. The molecule has 3 aromatic rings. The van der Waals surface area contributed by atoms with E-state index in [1.54, 1.807) is 6.20 Å². The largest absolute Gasteiger partial charge is 0.459 e. The van der Waals surface area contributed by atoms with Crippen LogP contribution < -0.4 is 10.6 Å². The summed E-state index contributed by atoms with van der Waals surface area (Å²) < 4.78 is 7.63. The molecule has 0 saturated heterocycles. The van der Waals surface area contributed by atoms with Crippen molar-refractivity contribution in [2.75, 3.05) is 6.54 Å². The highest BCUT2D eigenvalue weighted by atomic mass is 127. The number of aliphatic imine (C=N–C) groups is 1. The monoisotopic (exact) mass is 439 g/mol. The summed E-state index contributed by atoms with van der Waals surface area (Å²) in [6.45, 7) is 4.01. The number of aromatic nitrogens is 2. The molecule has 0 spiro atoms. The third-order valence-corrected chi connectivity index (χ3v) is 3.57. The number of furan rings is 1. The maximum Gasteiger partial charge on any atom is 0.192 e. The molecule has 2 N–H and O–H groups in total. The Morgan fingerprint density at radius 3 is 2.79 bits per heavy atom. The normalized spacial score (nSPS) is 11.3. The van der Waals surface area contributed by atoms with E-state index in [1.807, 2.05) is 55.1 Å². The van der Waals surface area contributed by atoms with Gasteiger partial charge in [0.1, 0.15) is 11.3 Å². The van der Waals surface area contributed by atoms with Crippen LogP contribution in [0.4, 0.5) is 0 Å². The molecule has 2 aromatic heterocycles. The number of nitrogens with zero attached hydrogens (tertiary/aromatic N) is 3. The van der Waals surface area contributed by atoms with E-state index >= 15 is 0 Å². The second-order valence-electron chi connectivity index (χ2n) is 5.25. The van der Waals surface area contributed by atoms with Crippen LogP contribution in [0.2, 0.25) is 0 Å². The molecule has 2 heterocycles. The molecule has 1 aromatic carbocycles. The third-order valence-electron chi connectivity index (χ3n) is 3.57. The first-order chi connectivity index (χ1) is 11.3. The molecule has 0 radical (unpaired) electrons. The Bertz CT molecular complexity index is 775. The van der Waals surface area contributed by atoms with Crippen LogP contribution in [0.5, 0.6) is 0 Å². The van der Waals surface area contributed by atoms with Crippen LogP contribution >= 0.6 is 24.0 Å². The predicted octanol–water partition coefficient (Wildman–Crippen LogP) is 3.04. The van der Waals surface area contributed by atoms with Gasteiger partial charge in [0, 0.05) is 25.2 Å². The van der Waals surface area contributed by atoms with Crippen molar-refractivity contribution in [3.8, 4) is 0 Å². The van der Waals surface area contributed by atoms with E-state index in [0.29, 0.717) is 13.1 Å². The summed E-state index contributed by atoms with van der Waals surface area (Å²) in [7, 11) is 1.92. The van der Waals surface area contributed by atoms with Crippen molar-refractivity contribution in [2.45, 2.75) is 20.0 Å². The van der Waals surface area contributed by atoms with Crippen LogP contribution in [0.1, 0.15) is 18.4 Å². The highest BCUT2D eigenvalue weighted by molar-refractivity contribution is 14.0. The first-order valence-electron chi connectivity index (χ1n) is 7.73. The Labute approximate surface area is 158 Å². The fourth-order valence-electron chi connectivity index (χ4n) is 2.35. The highest BCUT2D eigenvalue weighted by Crippen LogP contribution is 2.18. The quantitative estimate of drug-likeness (QED) is 0.365. The molecule has 3 rings (SSSR count). The number of benzene rings is 1. The molecule has 128 valence electrons. The van der Waals surface area contributed by atoms with Crippen LogP contribution in [0.15, 0.2) is 52.0 Å². The summed E-state index contributed by atoms with van der Waals surface area (Å²) in [6, 6.07) is 12.0. The SMILES string of the molecule is CCNC(=NCc1ccnn1C)NCc1cc2ccccc2o1.I. The molecule has 0 atom stereocenters. The van der Waals surface area contributed by atoms with Gasteiger partial charge in [-0.05, 0) is 25.1 Å². The van der Waals surface area contributed by atoms with E-state index < -0.39 is 0 Å². The Kier molecular flexibility index (Phi) is 6.65. The van der Waals surface area contributed by atoms with Crippen molar-refractivity contribution in [1.82, 2.24) is 20.4 Å². The highest BCUT2D eigenvalue weighted by Gasteiger charge is 2.05. The maximum atomic E-state index is 5.81.